The van der Waals surface area contributed by atoms with Gasteiger partial charge in [-0.15, -0.1) is 0 Å². The Morgan fingerprint density at radius 3 is 2.69 bits per heavy atom. The van der Waals surface area contributed by atoms with Gasteiger partial charge in [-0.3, -0.25) is 4.79 Å². The van der Waals surface area contributed by atoms with E-state index in [9.17, 15) is 4.79 Å². The largest absolute Gasteiger partial charge is 0.459 e. The summed E-state index contributed by atoms with van der Waals surface area (Å²) in [4.78, 5) is 11.5. The molecule has 0 unspecified atom stereocenters. The molecule has 1 saturated heterocycles. The van der Waals surface area contributed by atoms with Crippen molar-refractivity contribution in [2.75, 3.05) is 18.1 Å². The highest BCUT2D eigenvalue weighted by Gasteiger charge is 2.26. The zero-order chi connectivity index (χ0) is 9.90. The molecule has 0 aromatic rings. The number of ether oxygens (including phenoxy) is 1. The molecule has 0 saturated carbocycles. The molecule has 1 N–H and O–H groups in total. The molecule has 0 aromatic heterocycles. The normalized spacial score (nSPS) is 24.1. The fourth-order valence-corrected chi connectivity index (χ4v) is 2.01. The highest BCUT2D eigenvalue weighted by Crippen LogP contribution is 2.13. The van der Waals surface area contributed by atoms with Gasteiger partial charge in [0.2, 0.25) is 0 Å². The number of carbonyl (C=O) groups is 1. The number of carbonyl (C=O) groups excluding carboxylic acids is 1. The van der Waals surface area contributed by atoms with Gasteiger partial charge in [0.25, 0.3) is 0 Å². The van der Waals surface area contributed by atoms with Crippen LogP contribution in [0.1, 0.15) is 20.8 Å². The third-order valence-electron chi connectivity index (χ3n) is 1.61. The predicted molar refractivity (Wildman–Crippen MR) is 55.0 cm³/mol. The quantitative estimate of drug-likeness (QED) is 0.646. The lowest BCUT2D eigenvalue weighted by Gasteiger charge is -2.26. The maximum Gasteiger partial charge on any atom is 0.324 e. The van der Waals surface area contributed by atoms with Gasteiger partial charge >= 0.3 is 5.97 Å². The average molecular weight is 203 g/mol. The van der Waals surface area contributed by atoms with Crippen molar-refractivity contribution < 1.29 is 9.53 Å². The van der Waals surface area contributed by atoms with Crippen molar-refractivity contribution in [3.8, 4) is 0 Å². The van der Waals surface area contributed by atoms with Crippen LogP contribution in [0.4, 0.5) is 0 Å². The number of thioether (sulfide) groups is 1. The Bertz CT molecular complexity index is 183. The van der Waals surface area contributed by atoms with E-state index < -0.39 is 0 Å². The summed E-state index contributed by atoms with van der Waals surface area (Å²) in [6.45, 7) is 6.57. The van der Waals surface area contributed by atoms with E-state index in [1.54, 1.807) is 11.8 Å². The van der Waals surface area contributed by atoms with E-state index in [0.29, 0.717) is 0 Å². The molecule has 1 fully saturated rings. The van der Waals surface area contributed by atoms with Crippen LogP contribution < -0.4 is 5.32 Å². The summed E-state index contributed by atoms with van der Waals surface area (Å²) in [7, 11) is 0. The average Bonchev–Trinajstić information content (AvgIpc) is 2.03. The van der Waals surface area contributed by atoms with E-state index in [1.165, 1.54) is 0 Å². The van der Waals surface area contributed by atoms with Crippen LogP contribution >= 0.6 is 11.8 Å². The fourth-order valence-electron chi connectivity index (χ4n) is 1.09. The smallest absolute Gasteiger partial charge is 0.324 e. The number of rotatable bonds is 1. The summed E-state index contributed by atoms with van der Waals surface area (Å²) in [6, 6.07) is -0.113. The molecule has 1 aliphatic heterocycles. The van der Waals surface area contributed by atoms with Crippen LogP contribution in [0.2, 0.25) is 0 Å². The lowest BCUT2D eigenvalue weighted by molar-refractivity contribution is -0.156. The van der Waals surface area contributed by atoms with Crippen LogP contribution in [0, 0.1) is 0 Å². The first-order valence-corrected chi connectivity index (χ1v) is 5.68. The van der Waals surface area contributed by atoms with Crippen LogP contribution in [0.5, 0.6) is 0 Å². The molecule has 0 bridgehead atoms. The Balaban J connectivity index is 2.38. The Kier molecular flexibility index (Phi) is 3.62. The Labute approximate surface area is 83.6 Å². The van der Waals surface area contributed by atoms with Crippen molar-refractivity contribution in [3.63, 3.8) is 0 Å². The minimum absolute atomic E-state index is 0.113. The minimum Gasteiger partial charge on any atom is -0.459 e. The van der Waals surface area contributed by atoms with Crippen molar-refractivity contribution >= 4 is 17.7 Å². The number of hydrogen-bond acceptors (Lipinski definition) is 4. The van der Waals surface area contributed by atoms with Crippen molar-refractivity contribution in [2.45, 2.75) is 32.4 Å². The fraction of sp³-hybridized carbons (Fsp3) is 0.889. The molecule has 13 heavy (non-hydrogen) atoms. The van der Waals surface area contributed by atoms with Crippen LogP contribution in [0.25, 0.3) is 0 Å². The standard InChI is InChI=1S/C9H17NO2S/c1-9(2,3)12-8(11)7-6-13-5-4-10-7/h7,10H,4-6H2,1-3H3/t7-/m1/s1. The first-order chi connectivity index (χ1) is 5.99. The number of esters is 1. The number of nitrogens with one attached hydrogen (secondary N) is 1. The molecule has 1 aliphatic rings. The van der Waals surface area contributed by atoms with E-state index in [4.69, 9.17) is 4.74 Å². The van der Waals surface area contributed by atoms with Crippen molar-refractivity contribution in [2.24, 2.45) is 0 Å². The molecule has 76 valence electrons. The van der Waals surface area contributed by atoms with Gasteiger partial charge in [-0.1, -0.05) is 0 Å². The van der Waals surface area contributed by atoms with Gasteiger partial charge in [-0.25, -0.2) is 0 Å². The van der Waals surface area contributed by atoms with Gasteiger partial charge in [0.05, 0.1) is 0 Å². The van der Waals surface area contributed by atoms with Crippen molar-refractivity contribution in [3.05, 3.63) is 0 Å². The molecule has 1 heterocycles. The third kappa shape index (κ3) is 4.00. The topological polar surface area (TPSA) is 38.3 Å². The SMILES string of the molecule is CC(C)(C)OC(=O)[C@H]1CSCCN1. The van der Waals surface area contributed by atoms with Crippen molar-refractivity contribution in [1.82, 2.24) is 5.32 Å². The second-order valence-corrected chi connectivity index (χ2v) is 5.26. The first-order valence-electron chi connectivity index (χ1n) is 4.53. The summed E-state index contributed by atoms with van der Waals surface area (Å²) in [5, 5.41) is 3.15. The molecular formula is C9H17NO2S. The van der Waals surface area contributed by atoms with Crippen LogP contribution in [0.3, 0.4) is 0 Å². The summed E-state index contributed by atoms with van der Waals surface area (Å²) in [5.74, 6) is 1.79. The molecule has 0 radical (unpaired) electrons. The van der Waals surface area contributed by atoms with E-state index in [2.05, 4.69) is 5.32 Å². The Morgan fingerprint density at radius 1 is 1.54 bits per heavy atom. The molecular weight excluding hydrogens is 186 g/mol. The number of hydrogen-bond donors (Lipinski definition) is 1. The summed E-state index contributed by atoms with van der Waals surface area (Å²) in [5.41, 5.74) is -0.374. The predicted octanol–water partition coefficient (Wildman–Crippen LogP) is 1.03. The van der Waals surface area contributed by atoms with Gasteiger partial charge < -0.3 is 10.1 Å². The maximum atomic E-state index is 11.5. The zero-order valence-corrected chi connectivity index (χ0v) is 9.24. The third-order valence-corrected chi connectivity index (χ3v) is 2.67. The van der Waals surface area contributed by atoms with Gasteiger partial charge in [0.15, 0.2) is 0 Å². The molecule has 0 spiro atoms. The zero-order valence-electron chi connectivity index (χ0n) is 8.42. The Morgan fingerprint density at radius 2 is 2.23 bits per heavy atom. The van der Waals surface area contributed by atoms with Gasteiger partial charge in [-0.2, -0.15) is 11.8 Å². The second kappa shape index (κ2) is 4.33. The molecule has 0 aromatic carbocycles. The highest BCUT2D eigenvalue weighted by atomic mass is 32.2. The van der Waals surface area contributed by atoms with Gasteiger partial charge in [0.1, 0.15) is 11.6 Å². The van der Waals surface area contributed by atoms with Crippen LogP contribution in [-0.4, -0.2) is 35.7 Å². The molecule has 4 heteroatoms. The molecule has 0 amide bonds. The van der Waals surface area contributed by atoms with Crippen molar-refractivity contribution in [1.29, 1.82) is 0 Å². The molecule has 1 atom stereocenters. The van der Waals surface area contributed by atoms with E-state index in [-0.39, 0.29) is 17.6 Å². The lowest BCUT2D eigenvalue weighted by atomic mass is 10.2. The minimum atomic E-state index is -0.374. The van der Waals surface area contributed by atoms with Crippen LogP contribution in [0.15, 0.2) is 0 Å². The lowest BCUT2D eigenvalue weighted by Crippen LogP contribution is -2.46. The van der Waals surface area contributed by atoms with E-state index in [1.807, 2.05) is 20.8 Å². The van der Waals surface area contributed by atoms with Gasteiger partial charge in [-0.05, 0) is 20.8 Å². The Hall–Kier alpha value is -0.220. The maximum absolute atomic E-state index is 11.5. The van der Waals surface area contributed by atoms with Crippen LogP contribution in [-0.2, 0) is 9.53 Å². The summed E-state index contributed by atoms with van der Waals surface area (Å²) >= 11 is 1.79. The van der Waals surface area contributed by atoms with E-state index >= 15 is 0 Å². The molecule has 3 nitrogen and oxygen atoms in total. The summed E-state index contributed by atoms with van der Waals surface area (Å²) in [6.07, 6.45) is 0. The second-order valence-electron chi connectivity index (χ2n) is 4.12. The highest BCUT2D eigenvalue weighted by molar-refractivity contribution is 7.99. The molecule has 0 aliphatic carbocycles. The monoisotopic (exact) mass is 203 g/mol. The molecule has 1 rings (SSSR count). The van der Waals surface area contributed by atoms with E-state index in [0.717, 1.165) is 18.1 Å². The summed E-state index contributed by atoms with van der Waals surface area (Å²) < 4.78 is 5.26. The van der Waals surface area contributed by atoms with Gasteiger partial charge in [0, 0.05) is 18.1 Å². The first kappa shape index (κ1) is 10.9.